The summed E-state index contributed by atoms with van der Waals surface area (Å²) in [6, 6.07) is 0.837. The van der Waals surface area contributed by atoms with Gasteiger partial charge in [0.25, 0.3) is 0 Å². The first kappa shape index (κ1) is 36.2. The van der Waals surface area contributed by atoms with Gasteiger partial charge in [0.2, 0.25) is 0 Å². The molecule has 0 aromatic carbocycles. The summed E-state index contributed by atoms with van der Waals surface area (Å²) in [6.07, 6.45) is 15.1. The van der Waals surface area contributed by atoms with Crippen LogP contribution in [0, 0.1) is 0 Å². The van der Waals surface area contributed by atoms with Crippen molar-refractivity contribution in [1.29, 1.82) is 0 Å². The lowest BCUT2D eigenvalue weighted by Crippen LogP contribution is -2.33. The molecule has 1 aliphatic heterocycles. The fourth-order valence-corrected chi connectivity index (χ4v) is 3.05. The number of rotatable bonds is 5. The predicted molar refractivity (Wildman–Crippen MR) is 132 cm³/mol. The number of hydrogen-bond acceptors (Lipinski definition) is 4. The molecule has 1 saturated carbocycles. The van der Waals surface area contributed by atoms with E-state index in [9.17, 15) is 0 Å². The first-order valence-electron chi connectivity index (χ1n) is 12.5. The van der Waals surface area contributed by atoms with Gasteiger partial charge in [0, 0.05) is 13.2 Å². The molecule has 0 bridgehead atoms. The standard InChI is InChI=1S/C8H16O2.C7H15N.C5H12.2C2H6.CH4O/c9-6-7-10-8-4-2-1-3-5-8;1-7-5-3-4-6-8(7)2;1-3-5-4-2;3*1-2/h8-9H,1-7H2;7H,3-6H2,1-2H3;3-5H2,1-2H3;2*1-2H3;2H,1H3. The Kier molecular flexibility index (Phi) is 44.1. The number of piperidine rings is 1. The van der Waals surface area contributed by atoms with Crippen molar-refractivity contribution in [1.82, 2.24) is 4.90 Å². The molecule has 0 radical (unpaired) electrons. The first-order chi connectivity index (χ1) is 14.2. The van der Waals surface area contributed by atoms with Gasteiger partial charge in [0.1, 0.15) is 0 Å². The topological polar surface area (TPSA) is 52.9 Å². The molecule has 182 valence electrons. The molecular formula is C25H59NO3. The number of aliphatic hydroxyl groups is 2. The van der Waals surface area contributed by atoms with Crippen molar-refractivity contribution in [2.45, 2.75) is 131 Å². The third-order valence-electron chi connectivity index (χ3n) is 4.84. The van der Waals surface area contributed by atoms with Gasteiger partial charge in [-0.15, -0.1) is 0 Å². The molecule has 0 aromatic rings. The Labute approximate surface area is 185 Å². The second-order valence-electron chi connectivity index (χ2n) is 7.03. The van der Waals surface area contributed by atoms with E-state index in [0.29, 0.717) is 12.7 Å². The van der Waals surface area contributed by atoms with Crippen LogP contribution in [0.5, 0.6) is 0 Å². The lowest BCUT2D eigenvalue weighted by Gasteiger charge is -2.29. The second-order valence-corrected chi connectivity index (χ2v) is 7.03. The van der Waals surface area contributed by atoms with E-state index in [1.165, 1.54) is 77.2 Å². The van der Waals surface area contributed by atoms with Gasteiger partial charge in [0.05, 0.1) is 19.3 Å². The zero-order valence-corrected chi connectivity index (χ0v) is 21.8. The minimum Gasteiger partial charge on any atom is -0.400 e. The zero-order valence-electron chi connectivity index (χ0n) is 21.8. The first-order valence-corrected chi connectivity index (χ1v) is 12.5. The maximum atomic E-state index is 8.47. The molecule has 0 aromatic heterocycles. The highest BCUT2D eigenvalue weighted by atomic mass is 16.5. The summed E-state index contributed by atoms with van der Waals surface area (Å²) in [5, 5.41) is 15.5. The van der Waals surface area contributed by atoms with Gasteiger partial charge in [-0.1, -0.05) is 86.5 Å². The van der Waals surface area contributed by atoms with E-state index in [2.05, 4.69) is 32.7 Å². The lowest BCUT2D eigenvalue weighted by molar-refractivity contribution is 0.00882. The molecule has 4 heteroatoms. The molecule has 0 spiro atoms. The molecule has 4 nitrogen and oxygen atoms in total. The van der Waals surface area contributed by atoms with Gasteiger partial charge in [-0.3, -0.25) is 0 Å². The third kappa shape index (κ3) is 30.1. The predicted octanol–water partition coefficient (Wildman–Crippen LogP) is 6.68. The van der Waals surface area contributed by atoms with Crippen LogP contribution in [0.2, 0.25) is 0 Å². The Balaban J connectivity index is -0.000000148. The van der Waals surface area contributed by atoms with Gasteiger partial charge in [0.15, 0.2) is 0 Å². The maximum absolute atomic E-state index is 8.47. The van der Waals surface area contributed by atoms with Crippen molar-refractivity contribution in [3.63, 3.8) is 0 Å². The summed E-state index contributed by atoms with van der Waals surface area (Å²) in [5.41, 5.74) is 0. The number of aliphatic hydroxyl groups excluding tert-OH is 2. The number of likely N-dealkylation sites (tertiary alicyclic amines) is 1. The molecule has 1 aliphatic carbocycles. The van der Waals surface area contributed by atoms with E-state index < -0.39 is 0 Å². The van der Waals surface area contributed by atoms with Gasteiger partial charge in [-0.2, -0.15) is 0 Å². The van der Waals surface area contributed by atoms with Gasteiger partial charge in [-0.05, 0) is 46.2 Å². The molecule has 1 heterocycles. The molecule has 1 unspecified atom stereocenters. The maximum Gasteiger partial charge on any atom is 0.0701 e. The minimum absolute atomic E-state index is 0.163. The number of nitrogens with zero attached hydrogens (tertiary/aromatic N) is 1. The molecule has 0 amide bonds. The Morgan fingerprint density at radius 3 is 1.62 bits per heavy atom. The summed E-state index contributed by atoms with van der Waals surface area (Å²) >= 11 is 0. The van der Waals surface area contributed by atoms with Gasteiger partial charge in [-0.25, -0.2) is 0 Å². The molecule has 2 N–H and O–H groups in total. The highest BCUT2D eigenvalue weighted by Gasteiger charge is 2.13. The average Bonchev–Trinajstić information content (AvgIpc) is 2.81. The van der Waals surface area contributed by atoms with Crippen molar-refractivity contribution >= 4 is 0 Å². The summed E-state index contributed by atoms with van der Waals surface area (Å²) in [5.74, 6) is 0. The summed E-state index contributed by atoms with van der Waals surface area (Å²) in [7, 11) is 3.21. The Morgan fingerprint density at radius 1 is 0.828 bits per heavy atom. The molecular weight excluding hydrogens is 362 g/mol. The number of unbranched alkanes of at least 4 members (excludes halogenated alkanes) is 2. The third-order valence-corrected chi connectivity index (χ3v) is 4.84. The van der Waals surface area contributed by atoms with Crippen molar-refractivity contribution in [2.24, 2.45) is 0 Å². The molecule has 2 aliphatic rings. The van der Waals surface area contributed by atoms with Crippen LogP contribution in [-0.2, 0) is 4.74 Å². The average molecular weight is 422 g/mol. The van der Waals surface area contributed by atoms with E-state index in [-0.39, 0.29) is 6.61 Å². The Bertz CT molecular complexity index is 222. The monoisotopic (exact) mass is 421 g/mol. The largest absolute Gasteiger partial charge is 0.400 e. The summed E-state index contributed by atoms with van der Waals surface area (Å²) in [4.78, 5) is 2.43. The SMILES string of the molecule is CC.CC.CC1CCCCN1C.CCCCC.CO.OCCOC1CCCCC1. The smallest absolute Gasteiger partial charge is 0.0701 e. The lowest BCUT2D eigenvalue weighted by atomic mass is 9.98. The summed E-state index contributed by atoms with van der Waals surface area (Å²) in [6.45, 7) is 16.7. The Hall–Kier alpha value is -0.160. The van der Waals surface area contributed by atoms with E-state index >= 15 is 0 Å². The van der Waals surface area contributed by atoms with Crippen LogP contribution in [0.3, 0.4) is 0 Å². The zero-order chi connectivity index (χ0) is 23.3. The summed E-state index contributed by atoms with van der Waals surface area (Å²) < 4.78 is 5.38. The number of hydrogen-bond donors (Lipinski definition) is 2. The Morgan fingerprint density at radius 2 is 1.31 bits per heavy atom. The molecule has 1 saturated heterocycles. The van der Waals surface area contributed by atoms with E-state index in [1.807, 2.05) is 27.7 Å². The van der Waals surface area contributed by atoms with Gasteiger partial charge < -0.3 is 19.8 Å². The quantitative estimate of drug-likeness (QED) is 0.520. The number of ether oxygens (including phenoxy) is 1. The van der Waals surface area contributed by atoms with Crippen LogP contribution < -0.4 is 0 Å². The fraction of sp³-hybridized carbons (Fsp3) is 1.00. The normalized spacial score (nSPS) is 18.5. The molecule has 29 heavy (non-hydrogen) atoms. The van der Waals surface area contributed by atoms with Crippen LogP contribution in [0.4, 0.5) is 0 Å². The molecule has 1 atom stereocenters. The van der Waals surface area contributed by atoms with Crippen molar-refractivity contribution < 1.29 is 14.9 Å². The van der Waals surface area contributed by atoms with Crippen molar-refractivity contribution in [2.75, 3.05) is 33.9 Å². The van der Waals surface area contributed by atoms with Crippen LogP contribution in [-0.4, -0.2) is 61.2 Å². The van der Waals surface area contributed by atoms with Crippen molar-refractivity contribution in [3.05, 3.63) is 0 Å². The van der Waals surface area contributed by atoms with E-state index in [1.54, 1.807) is 0 Å². The van der Waals surface area contributed by atoms with E-state index in [4.69, 9.17) is 14.9 Å². The second kappa shape index (κ2) is 35.3. The van der Waals surface area contributed by atoms with Crippen LogP contribution in [0.1, 0.15) is 119 Å². The highest BCUT2D eigenvalue weighted by molar-refractivity contribution is 4.68. The van der Waals surface area contributed by atoms with Crippen LogP contribution in [0.25, 0.3) is 0 Å². The van der Waals surface area contributed by atoms with Crippen LogP contribution >= 0.6 is 0 Å². The van der Waals surface area contributed by atoms with Crippen molar-refractivity contribution in [3.8, 4) is 0 Å². The van der Waals surface area contributed by atoms with Crippen LogP contribution in [0.15, 0.2) is 0 Å². The van der Waals surface area contributed by atoms with Gasteiger partial charge >= 0.3 is 0 Å². The minimum atomic E-state index is 0.163. The molecule has 2 rings (SSSR count). The highest BCUT2D eigenvalue weighted by Crippen LogP contribution is 2.19. The molecule has 2 fully saturated rings. The van der Waals surface area contributed by atoms with E-state index in [0.717, 1.165) is 13.2 Å². The fourth-order valence-electron chi connectivity index (χ4n) is 3.05.